The fraction of sp³-hybridized carbons (Fsp3) is 0.743. The number of ketones is 3. The first-order valence-corrected chi connectivity index (χ1v) is 15.7. The number of carbonyl (C=O) groups excluding carboxylic acids is 3. The zero-order valence-corrected chi connectivity index (χ0v) is 26.5. The Balaban J connectivity index is 0.00000229. The average Bonchev–Trinajstić information content (AvgIpc) is 2.83. The summed E-state index contributed by atoms with van der Waals surface area (Å²) >= 11 is 0. The van der Waals surface area contributed by atoms with Gasteiger partial charge in [-0.25, -0.2) is 0 Å². The molecule has 0 saturated carbocycles. The van der Waals surface area contributed by atoms with Gasteiger partial charge in [-0.2, -0.15) is 0 Å². The van der Waals surface area contributed by atoms with E-state index in [0.29, 0.717) is 24.0 Å². The zero-order chi connectivity index (χ0) is 29.0. The fourth-order valence-corrected chi connectivity index (χ4v) is 6.50. The standard InChI is InChI=1S/C32H50O3.C3H8/c1-9-13-25(27(12-4)30(34)14-21(7)33)16-24-17-29-28(20(5)6)19-26(15-23(10-2)11-3)22(8)32(29)31(35)18-24;1-3-2/h19-20,23-25,27H,9-18H2,1-8H3;3H2,1-2H3. The maximum Gasteiger partial charge on any atom is 0.163 e. The van der Waals surface area contributed by atoms with E-state index >= 15 is 0 Å². The molecule has 0 amide bonds. The SMILES string of the molecule is CCC.CCCC(CC1CC(=O)c2c(C)c(CC(CC)CC)cc(C(C)C)c2C1)C(CC)C(=O)CC(C)=O. The van der Waals surface area contributed by atoms with Crippen LogP contribution in [0.4, 0.5) is 0 Å². The van der Waals surface area contributed by atoms with Crippen molar-refractivity contribution in [3.63, 3.8) is 0 Å². The molecule has 1 aromatic carbocycles. The third-order valence-corrected chi connectivity index (χ3v) is 8.51. The Bertz CT molecular complexity index is 906. The molecule has 3 unspecified atom stereocenters. The van der Waals surface area contributed by atoms with E-state index < -0.39 is 0 Å². The quantitative estimate of drug-likeness (QED) is 0.227. The summed E-state index contributed by atoms with van der Waals surface area (Å²) in [5.41, 5.74) is 6.17. The number of rotatable bonds is 14. The molecular weight excluding hydrogens is 468 g/mol. The Hall–Kier alpha value is -1.77. The van der Waals surface area contributed by atoms with Crippen molar-refractivity contribution >= 4 is 17.3 Å². The number of benzene rings is 1. The average molecular weight is 527 g/mol. The lowest BCUT2D eigenvalue weighted by molar-refractivity contribution is -0.129. The van der Waals surface area contributed by atoms with Gasteiger partial charge >= 0.3 is 0 Å². The van der Waals surface area contributed by atoms with Crippen LogP contribution in [0, 0.1) is 30.6 Å². The van der Waals surface area contributed by atoms with Crippen molar-refractivity contribution in [2.24, 2.45) is 23.7 Å². The molecule has 0 spiro atoms. The van der Waals surface area contributed by atoms with E-state index in [0.717, 1.165) is 44.1 Å². The van der Waals surface area contributed by atoms with Gasteiger partial charge in [0.25, 0.3) is 0 Å². The van der Waals surface area contributed by atoms with Crippen LogP contribution in [0.1, 0.15) is 159 Å². The molecule has 38 heavy (non-hydrogen) atoms. The molecule has 3 heteroatoms. The van der Waals surface area contributed by atoms with E-state index in [1.54, 1.807) is 0 Å². The summed E-state index contributed by atoms with van der Waals surface area (Å²) in [6.07, 6.45) is 9.84. The van der Waals surface area contributed by atoms with E-state index in [1.807, 2.05) is 0 Å². The van der Waals surface area contributed by atoms with Crippen LogP contribution in [0.2, 0.25) is 0 Å². The van der Waals surface area contributed by atoms with Crippen molar-refractivity contribution in [1.82, 2.24) is 0 Å². The van der Waals surface area contributed by atoms with Crippen LogP contribution in [0.3, 0.4) is 0 Å². The molecule has 0 N–H and O–H groups in total. The fourth-order valence-electron chi connectivity index (χ4n) is 6.50. The minimum atomic E-state index is -0.0796. The van der Waals surface area contributed by atoms with Gasteiger partial charge in [0.15, 0.2) is 5.78 Å². The molecule has 2 rings (SSSR count). The molecule has 3 nitrogen and oxygen atoms in total. The third-order valence-electron chi connectivity index (χ3n) is 8.51. The van der Waals surface area contributed by atoms with Crippen molar-refractivity contribution in [2.45, 2.75) is 146 Å². The van der Waals surface area contributed by atoms with Gasteiger partial charge in [-0.3, -0.25) is 14.4 Å². The molecule has 3 atom stereocenters. The minimum absolute atomic E-state index is 0.0428. The van der Waals surface area contributed by atoms with Crippen LogP contribution < -0.4 is 0 Å². The molecule has 0 saturated heterocycles. The summed E-state index contributed by atoms with van der Waals surface area (Å²) in [5, 5.41) is 0. The third kappa shape index (κ3) is 9.45. The molecule has 0 radical (unpaired) electrons. The van der Waals surface area contributed by atoms with E-state index in [-0.39, 0.29) is 35.7 Å². The number of Topliss-reactive ketones (excluding diaryl/α,β-unsaturated/α-hetero) is 3. The van der Waals surface area contributed by atoms with Gasteiger partial charge in [-0.15, -0.1) is 0 Å². The summed E-state index contributed by atoms with van der Waals surface area (Å²) in [7, 11) is 0. The zero-order valence-electron chi connectivity index (χ0n) is 26.5. The largest absolute Gasteiger partial charge is 0.300 e. The van der Waals surface area contributed by atoms with Crippen LogP contribution in [0.5, 0.6) is 0 Å². The molecule has 0 fully saturated rings. The van der Waals surface area contributed by atoms with Crippen LogP contribution in [-0.2, 0) is 22.4 Å². The number of carbonyl (C=O) groups is 3. The highest BCUT2D eigenvalue weighted by Gasteiger charge is 2.34. The van der Waals surface area contributed by atoms with Gasteiger partial charge in [0.2, 0.25) is 0 Å². The molecule has 0 heterocycles. The lowest BCUT2D eigenvalue weighted by Gasteiger charge is -2.34. The summed E-state index contributed by atoms with van der Waals surface area (Å²) in [5.74, 6) is 1.80. The maximum absolute atomic E-state index is 13.6. The predicted octanol–water partition coefficient (Wildman–Crippen LogP) is 9.64. The maximum atomic E-state index is 13.6. The number of hydrogen-bond donors (Lipinski definition) is 0. The predicted molar refractivity (Wildman–Crippen MR) is 162 cm³/mol. The Morgan fingerprint density at radius 2 is 1.58 bits per heavy atom. The minimum Gasteiger partial charge on any atom is -0.300 e. The Kier molecular flexibility index (Phi) is 15.4. The van der Waals surface area contributed by atoms with Gasteiger partial charge in [-0.1, -0.05) is 93.6 Å². The van der Waals surface area contributed by atoms with Crippen molar-refractivity contribution in [3.8, 4) is 0 Å². The van der Waals surface area contributed by atoms with Crippen LogP contribution in [0.15, 0.2) is 6.07 Å². The molecule has 0 aromatic heterocycles. The molecular formula is C35H58O3. The normalized spacial score (nSPS) is 16.6. The Morgan fingerprint density at radius 3 is 2.05 bits per heavy atom. The van der Waals surface area contributed by atoms with E-state index in [1.165, 1.54) is 48.4 Å². The summed E-state index contributed by atoms with van der Waals surface area (Å²) in [6, 6.07) is 2.40. The highest BCUT2D eigenvalue weighted by atomic mass is 16.1. The van der Waals surface area contributed by atoms with E-state index in [4.69, 9.17) is 0 Å². The number of hydrogen-bond acceptors (Lipinski definition) is 3. The number of fused-ring (bicyclic) bond motifs is 1. The second-order valence-electron chi connectivity index (χ2n) is 12.2. The first-order valence-electron chi connectivity index (χ1n) is 15.7. The van der Waals surface area contributed by atoms with Gasteiger partial charge in [0, 0.05) is 17.9 Å². The Labute approximate surface area is 234 Å². The highest BCUT2D eigenvalue weighted by Crippen LogP contribution is 2.40. The second kappa shape index (κ2) is 17.0. The monoisotopic (exact) mass is 526 g/mol. The van der Waals surface area contributed by atoms with Crippen molar-refractivity contribution in [3.05, 3.63) is 33.9 Å². The van der Waals surface area contributed by atoms with Gasteiger partial charge in [-0.05, 0) is 85.5 Å². The van der Waals surface area contributed by atoms with Crippen LogP contribution >= 0.6 is 0 Å². The van der Waals surface area contributed by atoms with Crippen LogP contribution in [0.25, 0.3) is 0 Å². The van der Waals surface area contributed by atoms with Gasteiger partial charge in [0.05, 0.1) is 6.42 Å². The van der Waals surface area contributed by atoms with Crippen molar-refractivity contribution < 1.29 is 14.4 Å². The smallest absolute Gasteiger partial charge is 0.163 e. The van der Waals surface area contributed by atoms with E-state index in [2.05, 4.69) is 68.4 Å². The first kappa shape index (κ1) is 34.3. The second-order valence-corrected chi connectivity index (χ2v) is 12.2. The summed E-state index contributed by atoms with van der Waals surface area (Å²) < 4.78 is 0. The van der Waals surface area contributed by atoms with Gasteiger partial charge in [0.1, 0.15) is 11.6 Å². The Morgan fingerprint density at radius 1 is 0.974 bits per heavy atom. The molecule has 1 aromatic rings. The lowest BCUT2D eigenvalue weighted by Crippen LogP contribution is -2.30. The lowest BCUT2D eigenvalue weighted by atomic mass is 9.70. The molecule has 1 aliphatic carbocycles. The summed E-state index contributed by atoms with van der Waals surface area (Å²) in [4.78, 5) is 38.1. The van der Waals surface area contributed by atoms with E-state index in [9.17, 15) is 14.4 Å². The van der Waals surface area contributed by atoms with Crippen LogP contribution in [-0.4, -0.2) is 17.3 Å². The first-order chi connectivity index (χ1) is 18.0. The highest BCUT2D eigenvalue weighted by molar-refractivity contribution is 6.01. The molecule has 0 bridgehead atoms. The van der Waals surface area contributed by atoms with Gasteiger partial charge < -0.3 is 0 Å². The van der Waals surface area contributed by atoms with Crippen molar-refractivity contribution in [2.75, 3.05) is 0 Å². The van der Waals surface area contributed by atoms with Crippen molar-refractivity contribution in [1.29, 1.82) is 0 Å². The molecule has 0 aliphatic heterocycles. The molecule has 216 valence electrons. The molecule has 1 aliphatic rings. The topological polar surface area (TPSA) is 51.2 Å². The summed E-state index contributed by atoms with van der Waals surface area (Å²) in [6.45, 7) is 21.2.